The van der Waals surface area contributed by atoms with Crippen molar-refractivity contribution < 1.29 is 13.9 Å². The number of methoxy groups -OCH3 is 1. The number of pyridine rings is 2. The molecule has 0 aliphatic heterocycles. The lowest BCUT2D eigenvalue weighted by Gasteiger charge is -2.22. The maximum atomic E-state index is 13.6. The van der Waals surface area contributed by atoms with Crippen molar-refractivity contribution in [1.29, 1.82) is 0 Å². The Morgan fingerprint density at radius 3 is 2.27 bits per heavy atom. The van der Waals surface area contributed by atoms with Gasteiger partial charge in [0.15, 0.2) is 5.65 Å². The standard InChI is InChI=1S/C25H25B5FN7O3/c1-9-5-10(6-13(34-9)23(39)41-2)14-21(15-16(26)18(28)20(30)19(29)17(15)27)35-24(32)38-22(14)36-37(25(38)40)8-12-4-3-11(31)7-33-12/h3-7H,8,26-30H2,1-2H3,(H2,32,35). The first-order valence-corrected chi connectivity index (χ1v) is 13.0. The molecule has 41 heavy (non-hydrogen) atoms. The fourth-order valence-corrected chi connectivity index (χ4v) is 5.18. The number of esters is 1. The van der Waals surface area contributed by atoms with E-state index in [1.54, 1.807) is 19.1 Å². The van der Waals surface area contributed by atoms with Gasteiger partial charge >= 0.3 is 11.7 Å². The smallest absolute Gasteiger partial charge is 0.356 e. The number of aryl methyl sites for hydroxylation is 1. The number of fused-ring (bicyclic) bond motifs is 1. The number of halogens is 1. The molecule has 0 aliphatic carbocycles. The van der Waals surface area contributed by atoms with E-state index in [0.717, 1.165) is 33.6 Å². The van der Waals surface area contributed by atoms with E-state index in [1.165, 1.54) is 33.8 Å². The second-order valence-electron chi connectivity index (χ2n) is 10.1. The lowest BCUT2D eigenvalue weighted by Crippen LogP contribution is -2.55. The molecule has 0 bridgehead atoms. The zero-order valence-electron chi connectivity index (χ0n) is 24.0. The molecule has 4 heterocycles. The maximum absolute atomic E-state index is 13.6. The quantitative estimate of drug-likeness (QED) is 0.171. The Balaban J connectivity index is 1.91. The van der Waals surface area contributed by atoms with Crippen molar-refractivity contribution >= 4 is 84.1 Å². The number of anilines is 1. The third-order valence-corrected chi connectivity index (χ3v) is 7.73. The molecule has 0 unspecified atom stereocenters. The highest BCUT2D eigenvalue weighted by Gasteiger charge is 2.26. The van der Waals surface area contributed by atoms with E-state index < -0.39 is 17.5 Å². The van der Waals surface area contributed by atoms with Crippen LogP contribution in [-0.4, -0.2) is 81.4 Å². The van der Waals surface area contributed by atoms with Gasteiger partial charge in [-0.25, -0.2) is 33.0 Å². The van der Waals surface area contributed by atoms with E-state index in [2.05, 4.69) is 38.6 Å². The summed E-state index contributed by atoms with van der Waals surface area (Å²) in [6.45, 7) is 1.75. The summed E-state index contributed by atoms with van der Waals surface area (Å²) in [5.41, 5.74) is 15.2. The van der Waals surface area contributed by atoms with Crippen molar-refractivity contribution in [3.63, 3.8) is 0 Å². The van der Waals surface area contributed by atoms with Gasteiger partial charge in [-0.2, -0.15) is 0 Å². The van der Waals surface area contributed by atoms with Crippen LogP contribution in [0.3, 0.4) is 0 Å². The van der Waals surface area contributed by atoms with Crippen LogP contribution < -0.4 is 38.7 Å². The van der Waals surface area contributed by atoms with Crippen LogP contribution in [0.25, 0.3) is 28.0 Å². The summed E-state index contributed by atoms with van der Waals surface area (Å²) < 4.78 is 20.8. The lowest BCUT2D eigenvalue weighted by molar-refractivity contribution is 0.0594. The zero-order valence-corrected chi connectivity index (χ0v) is 24.0. The number of benzene rings is 1. The van der Waals surface area contributed by atoms with Gasteiger partial charge in [0.25, 0.3) is 0 Å². The molecule has 10 nitrogen and oxygen atoms in total. The molecule has 0 atom stereocenters. The van der Waals surface area contributed by atoms with Crippen molar-refractivity contribution in [1.82, 2.24) is 29.1 Å². The molecule has 0 saturated heterocycles. The Labute approximate surface area is 239 Å². The molecular weight excluding hydrogens is 519 g/mol. The molecular formula is C25H25B5FN7O3. The van der Waals surface area contributed by atoms with Gasteiger partial charge in [0.2, 0.25) is 5.95 Å². The fourth-order valence-electron chi connectivity index (χ4n) is 5.18. The SMILES string of the molecule is Bc1c(B)c(B)c(-c2nc(N)n3c(=O)n(Cc4ccc(F)cn4)nc3c2-c2cc(C)nc(C(=O)OC)c2)c(B)c1B. The van der Waals surface area contributed by atoms with Crippen LogP contribution in [0.5, 0.6) is 0 Å². The van der Waals surface area contributed by atoms with E-state index in [-0.39, 0.29) is 23.8 Å². The number of ether oxygens (including phenoxy) is 1. The molecule has 0 amide bonds. The number of hydrogen-bond donors (Lipinski definition) is 1. The summed E-state index contributed by atoms with van der Waals surface area (Å²) >= 11 is 0. The summed E-state index contributed by atoms with van der Waals surface area (Å²) in [6, 6.07) is 6.15. The van der Waals surface area contributed by atoms with Crippen molar-refractivity contribution in [3.8, 4) is 22.4 Å². The number of aromatic nitrogens is 6. The number of nitrogens with two attached hydrogens (primary N) is 1. The van der Waals surface area contributed by atoms with Crippen LogP contribution in [0.2, 0.25) is 0 Å². The number of carbonyl (C=O) groups excluding carboxylic acids is 1. The Bertz CT molecular complexity index is 1910. The Morgan fingerprint density at radius 1 is 1.00 bits per heavy atom. The third-order valence-electron chi connectivity index (χ3n) is 7.73. The van der Waals surface area contributed by atoms with E-state index in [1.807, 2.05) is 15.7 Å². The van der Waals surface area contributed by atoms with Crippen LogP contribution in [0.4, 0.5) is 10.3 Å². The van der Waals surface area contributed by atoms with Crippen LogP contribution in [-0.2, 0) is 11.3 Å². The van der Waals surface area contributed by atoms with E-state index in [9.17, 15) is 14.0 Å². The van der Waals surface area contributed by atoms with Crippen molar-refractivity contribution in [2.75, 3.05) is 12.8 Å². The normalized spacial score (nSPS) is 11.2. The molecule has 5 aromatic rings. The molecule has 1 aromatic carbocycles. The summed E-state index contributed by atoms with van der Waals surface area (Å²) in [4.78, 5) is 39.3. The van der Waals surface area contributed by atoms with Crippen molar-refractivity contribution in [3.05, 3.63) is 63.8 Å². The van der Waals surface area contributed by atoms with Gasteiger partial charge in [0.05, 0.1) is 36.8 Å². The monoisotopic (exact) mass is 545 g/mol. The number of rotatable bonds is 5. The maximum Gasteiger partial charge on any atom is 0.356 e. The van der Waals surface area contributed by atoms with Crippen LogP contribution in [0.1, 0.15) is 21.9 Å². The summed E-state index contributed by atoms with van der Waals surface area (Å²) in [6.07, 6.45) is 1.08. The molecule has 16 heteroatoms. The van der Waals surface area contributed by atoms with E-state index >= 15 is 0 Å². The number of hydrogen-bond acceptors (Lipinski definition) is 8. The molecule has 0 saturated carbocycles. The minimum atomic E-state index is -0.601. The largest absolute Gasteiger partial charge is 0.464 e. The fraction of sp³-hybridized carbons (Fsp3) is 0.120. The lowest BCUT2D eigenvalue weighted by atomic mass is 9.60. The predicted molar refractivity (Wildman–Crippen MR) is 171 cm³/mol. The zero-order chi connectivity index (χ0) is 29.7. The Kier molecular flexibility index (Phi) is 7.10. The summed E-state index contributed by atoms with van der Waals surface area (Å²) in [5.74, 6) is -1.13. The van der Waals surface area contributed by atoms with Gasteiger partial charge < -0.3 is 10.5 Å². The van der Waals surface area contributed by atoms with E-state index in [0.29, 0.717) is 28.2 Å². The average Bonchev–Trinajstić information content (AvgIpc) is 3.27. The Hall–Kier alpha value is -4.61. The second kappa shape index (κ2) is 10.4. The van der Waals surface area contributed by atoms with Crippen LogP contribution >= 0.6 is 0 Å². The van der Waals surface area contributed by atoms with Gasteiger partial charge in [0.1, 0.15) is 50.7 Å². The topological polar surface area (TPSA) is 130 Å². The first kappa shape index (κ1) is 27.9. The third kappa shape index (κ3) is 4.73. The number of carbonyl (C=O) groups is 1. The summed E-state index contributed by atoms with van der Waals surface area (Å²) in [7, 11) is 11.5. The van der Waals surface area contributed by atoms with Crippen molar-refractivity contribution in [2.45, 2.75) is 13.5 Å². The molecule has 200 valence electrons. The van der Waals surface area contributed by atoms with Gasteiger partial charge in [0, 0.05) is 5.69 Å². The van der Waals surface area contributed by atoms with Gasteiger partial charge in [-0.05, 0) is 42.3 Å². The van der Waals surface area contributed by atoms with Crippen LogP contribution in [0, 0.1) is 12.7 Å². The van der Waals surface area contributed by atoms with E-state index in [4.69, 9.17) is 15.5 Å². The molecule has 4 aromatic heterocycles. The first-order valence-electron chi connectivity index (χ1n) is 13.0. The van der Waals surface area contributed by atoms with Gasteiger partial charge in [-0.1, -0.05) is 10.9 Å². The molecule has 0 radical (unpaired) electrons. The first-order chi connectivity index (χ1) is 19.4. The molecule has 0 aliphatic rings. The highest BCUT2D eigenvalue weighted by Crippen LogP contribution is 2.33. The highest BCUT2D eigenvalue weighted by molar-refractivity contribution is 6.68. The summed E-state index contributed by atoms with van der Waals surface area (Å²) in [5, 5.41) is 4.68. The molecule has 2 N–H and O–H groups in total. The van der Waals surface area contributed by atoms with Crippen LogP contribution in [0.15, 0.2) is 35.3 Å². The van der Waals surface area contributed by atoms with Gasteiger partial charge in [-0.15, -0.1) is 21.5 Å². The van der Waals surface area contributed by atoms with Gasteiger partial charge in [-0.3, -0.25) is 4.98 Å². The number of nitrogens with zero attached hydrogens (tertiary/aromatic N) is 6. The molecule has 5 rings (SSSR count). The highest BCUT2D eigenvalue weighted by atomic mass is 19.1. The molecule has 0 fully saturated rings. The van der Waals surface area contributed by atoms with Crippen molar-refractivity contribution in [2.24, 2.45) is 0 Å². The average molecular weight is 545 g/mol. The molecule has 0 spiro atoms. The predicted octanol–water partition coefficient (Wildman–Crippen LogP) is -5.83. The number of nitrogen functional groups attached to an aromatic ring is 1. The minimum Gasteiger partial charge on any atom is -0.464 e. The minimum absolute atomic E-state index is 0.0153. The Morgan fingerprint density at radius 2 is 1.66 bits per heavy atom. The second-order valence-corrected chi connectivity index (χ2v) is 10.1.